The van der Waals surface area contributed by atoms with Crippen molar-refractivity contribution in [2.24, 2.45) is 0 Å². The third-order valence-electron chi connectivity index (χ3n) is 3.36. The monoisotopic (exact) mass is 351 g/mol. The predicted molar refractivity (Wildman–Crippen MR) is 92.4 cm³/mol. The lowest BCUT2D eigenvalue weighted by atomic mass is 9.95. The number of hydrogen-bond acceptors (Lipinski definition) is 2. The molecule has 0 fully saturated rings. The molecular formula is C17H22BrNS. The minimum atomic E-state index is 0.247. The topological polar surface area (TPSA) is 12.0 Å². The fourth-order valence-electron chi connectivity index (χ4n) is 2.07. The van der Waals surface area contributed by atoms with Gasteiger partial charge in [-0.05, 0) is 36.1 Å². The summed E-state index contributed by atoms with van der Waals surface area (Å²) in [6.07, 6.45) is 0. The van der Waals surface area contributed by atoms with E-state index in [-0.39, 0.29) is 5.41 Å². The van der Waals surface area contributed by atoms with Crippen LogP contribution >= 0.6 is 27.3 Å². The Hall–Kier alpha value is -0.640. The summed E-state index contributed by atoms with van der Waals surface area (Å²) in [7, 11) is 0. The Balaban J connectivity index is 1.99. The molecule has 0 amide bonds. The van der Waals surface area contributed by atoms with Crippen molar-refractivity contribution in [3.8, 4) is 0 Å². The smallest absolute Gasteiger partial charge is 0.0306 e. The normalized spacial score (nSPS) is 13.4. The Morgan fingerprint density at radius 1 is 1.15 bits per heavy atom. The zero-order valence-corrected chi connectivity index (χ0v) is 14.9. The second-order valence-corrected chi connectivity index (χ2v) is 8.16. The van der Waals surface area contributed by atoms with E-state index < -0.39 is 0 Å². The molecule has 0 saturated carbocycles. The highest BCUT2D eigenvalue weighted by Crippen LogP contribution is 2.30. The molecule has 1 unspecified atom stereocenters. The van der Waals surface area contributed by atoms with Crippen LogP contribution in [0.25, 0.3) is 0 Å². The van der Waals surface area contributed by atoms with Gasteiger partial charge in [0.25, 0.3) is 0 Å². The molecule has 0 spiro atoms. The van der Waals surface area contributed by atoms with Gasteiger partial charge in [0.15, 0.2) is 0 Å². The third-order valence-corrected chi connectivity index (χ3v) is 5.59. The minimum absolute atomic E-state index is 0.247. The Bertz CT molecular complexity index is 568. The standard InChI is InChI=1S/C17H22BrNS/c1-12(14-7-5-6-8-15(14)18)19-11-13-9-10-16(20-13)17(2,3)4/h5-10,12,19H,11H2,1-4H3. The molecule has 1 nitrogen and oxygen atoms in total. The van der Waals surface area contributed by atoms with Gasteiger partial charge in [0.1, 0.15) is 0 Å². The van der Waals surface area contributed by atoms with Gasteiger partial charge in [0, 0.05) is 26.8 Å². The number of benzene rings is 1. The molecule has 0 radical (unpaired) electrons. The first-order valence-corrected chi connectivity index (χ1v) is 8.56. The van der Waals surface area contributed by atoms with Crippen molar-refractivity contribution in [3.63, 3.8) is 0 Å². The highest BCUT2D eigenvalue weighted by Gasteiger charge is 2.16. The molecule has 0 aliphatic heterocycles. The average Bonchev–Trinajstić information content (AvgIpc) is 2.85. The number of halogens is 1. The van der Waals surface area contributed by atoms with Crippen LogP contribution in [0.3, 0.4) is 0 Å². The van der Waals surface area contributed by atoms with Crippen LogP contribution in [-0.4, -0.2) is 0 Å². The fraction of sp³-hybridized carbons (Fsp3) is 0.412. The van der Waals surface area contributed by atoms with E-state index in [1.54, 1.807) is 0 Å². The van der Waals surface area contributed by atoms with Crippen LogP contribution in [-0.2, 0) is 12.0 Å². The van der Waals surface area contributed by atoms with Crippen molar-refractivity contribution in [1.29, 1.82) is 0 Å². The van der Waals surface area contributed by atoms with Crippen LogP contribution in [0.5, 0.6) is 0 Å². The van der Waals surface area contributed by atoms with E-state index in [2.05, 4.69) is 85.3 Å². The predicted octanol–water partition coefficient (Wildman–Crippen LogP) is 5.66. The number of hydrogen-bond donors (Lipinski definition) is 1. The van der Waals surface area contributed by atoms with Crippen LogP contribution in [0.1, 0.15) is 49.1 Å². The summed E-state index contributed by atoms with van der Waals surface area (Å²) in [5.41, 5.74) is 1.55. The molecule has 2 rings (SSSR count). The van der Waals surface area contributed by atoms with Gasteiger partial charge < -0.3 is 5.32 Å². The second-order valence-electron chi connectivity index (χ2n) is 6.14. The number of rotatable bonds is 4. The summed E-state index contributed by atoms with van der Waals surface area (Å²) in [5.74, 6) is 0. The largest absolute Gasteiger partial charge is 0.305 e. The maximum Gasteiger partial charge on any atom is 0.0306 e. The van der Waals surface area contributed by atoms with Crippen LogP contribution in [0.4, 0.5) is 0 Å². The van der Waals surface area contributed by atoms with Gasteiger partial charge >= 0.3 is 0 Å². The first-order valence-electron chi connectivity index (χ1n) is 6.95. The quantitative estimate of drug-likeness (QED) is 0.749. The molecule has 0 aliphatic rings. The summed E-state index contributed by atoms with van der Waals surface area (Å²) in [6.45, 7) is 9.92. The zero-order chi connectivity index (χ0) is 14.8. The van der Waals surface area contributed by atoms with Crippen LogP contribution in [0, 0.1) is 0 Å². The van der Waals surface area contributed by atoms with Crippen molar-refractivity contribution >= 4 is 27.3 Å². The molecule has 0 aliphatic carbocycles. The van der Waals surface area contributed by atoms with Gasteiger partial charge in [0.2, 0.25) is 0 Å². The molecule has 108 valence electrons. The van der Waals surface area contributed by atoms with Crippen LogP contribution in [0.2, 0.25) is 0 Å². The molecule has 3 heteroatoms. The summed E-state index contributed by atoms with van der Waals surface area (Å²) in [4.78, 5) is 2.84. The SMILES string of the molecule is CC(NCc1ccc(C(C)(C)C)s1)c1ccccc1Br. The highest BCUT2D eigenvalue weighted by atomic mass is 79.9. The Labute approximate surface area is 134 Å². The summed E-state index contributed by atoms with van der Waals surface area (Å²) < 4.78 is 1.17. The molecule has 0 saturated heterocycles. The molecular weight excluding hydrogens is 330 g/mol. The molecule has 1 atom stereocenters. The lowest BCUT2D eigenvalue weighted by Crippen LogP contribution is -2.17. The van der Waals surface area contributed by atoms with Gasteiger partial charge in [-0.3, -0.25) is 0 Å². The Morgan fingerprint density at radius 3 is 2.45 bits per heavy atom. The molecule has 20 heavy (non-hydrogen) atoms. The molecule has 1 aromatic heterocycles. The highest BCUT2D eigenvalue weighted by molar-refractivity contribution is 9.10. The van der Waals surface area contributed by atoms with E-state index in [0.29, 0.717) is 6.04 Å². The molecule has 1 heterocycles. The first kappa shape index (κ1) is 15.7. The maximum absolute atomic E-state index is 3.62. The van der Waals surface area contributed by atoms with Crippen molar-refractivity contribution in [3.05, 3.63) is 56.2 Å². The molecule has 2 aromatic rings. The summed E-state index contributed by atoms with van der Waals surface area (Å²) >= 11 is 5.52. The van der Waals surface area contributed by atoms with Crippen LogP contribution < -0.4 is 5.32 Å². The second kappa shape index (κ2) is 6.42. The van der Waals surface area contributed by atoms with Gasteiger partial charge in [-0.25, -0.2) is 0 Å². The van der Waals surface area contributed by atoms with Crippen molar-refractivity contribution < 1.29 is 0 Å². The number of nitrogens with one attached hydrogen (secondary N) is 1. The third kappa shape index (κ3) is 3.94. The van der Waals surface area contributed by atoms with Crippen molar-refractivity contribution in [2.75, 3.05) is 0 Å². The summed E-state index contributed by atoms with van der Waals surface area (Å²) in [5, 5.41) is 3.60. The van der Waals surface area contributed by atoms with E-state index in [1.165, 1.54) is 19.8 Å². The van der Waals surface area contributed by atoms with Gasteiger partial charge in [-0.2, -0.15) is 0 Å². The summed E-state index contributed by atoms with van der Waals surface area (Å²) in [6, 6.07) is 13.2. The van der Waals surface area contributed by atoms with Gasteiger partial charge in [-0.1, -0.05) is 54.9 Å². The van der Waals surface area contributed by atoms with E-state index in [9.17, 15) is 0 Å². The Kier molecular flexibility index (Phi) is 5.05. The zero-order valence-electron chi connectivity index (χ0n) is 12.5. The maximum atomic E-state index is 3.62. The van der Waals surface area contributed by atoms with Crippen molar-refractivity contribution in [1.82, 2.24) is 5.32 Å². The average molecular weight is 352 g/mol. The molecule has 1 N–H and O–H groups in total. The van der Waals surface area contributed by atoms with E-state index >= 15 is 0 Å². The fourth-order valence-corrected chi connectivity index (χ4v) is 3.71. The van der Waals surface area contributed by atoms with E-state index in [0.717, 1.165) is 6.54 Å². The molecule has 0 bridgehead atoms. The Morgan fingerprint density at radius 2 is 1.85 bits per heavy atom. The molecule has 1 aromatic carbocycles. The number of thiophene rings is 1. The lowest BCUT2D eigenvalue weighted by Gasteiger charge is -2.16. The van der Waals surface area contributed by atoms with E-state index in [4.69, 9.17) is 0 Å². The van der Waals surface area contributed by atoms with Crippen molar-refractivity contribution in [2.45, 2.75) is 45.7 Å². The van der Waals surface area contributed by atoms with Gasteiger partial charge in [0.05, 0.1) is 0 Å². The van der Waals surface area contributed by atoms with Crippen LogP contribution in [0.15, 0.2) is 40.9 Å². The lowest BCUT2D eigenvalue weighted by molar-refractivity contribution is 0.577. The first-order chi connectivity index (χ1) is 9.38. The minimum Gasteiger partial charge on any atom is -0.305 e. The van der Waals surface area contributed by atoms with Gasteiger partial charge in [-0.15, -0.1) is 11.3 Å². The van der Waals surface area contributed by atoms with E-state index in [1.807, 2.05) is 11.3 Å².